The molecule has 1 rings (SSSR count). The number of rotatable bonds is 9. The van der Waals surface area contributed by atoms with Gasteiger partial charge in [0, 0.05) is 18.3 Å². The van der Waals surface area contributed by atoms with Gasteiger partial charge in [-0.1, -0.05) is 27.7 Å². The molecule has 0 unspecified atom stereocenters. The summed E-state index contributed by atoms with van der Waals surface area (Å²) in [5.41, 5.74) is 1.19. The Kier molecular flexibility index (Phi) is 7.49. The molecule has 0 spiro atoms. The van der Waals surface area contributed by atoms with Crippen molar-refractivity contribution in [1.82, 2.24) is 10.3 Å². The van der Waals surface area contributed by atoms with Crippen molar-refractivity contribution < 1.29 is 4.74 Å². The smallest absolute Gasteiger partial charge is 0.142 e. The van der Waals surface area contributed by atoms with Crippen LogP contribution >= 0.6 is 0 Å². The number of nitrogens with zero attached hydrogens (tertiary/aromatic N) is 1. The van der Waals surface area contributed by atoms with Crippen LogP contribution in [0.5, 0.6) is 5.75 Å². The van der Waals surface area contributed by atoms with Crippen LogP contribution in [0.25, 0.3) is 0 Å². The average Bonchev–Trinajstić information content (AvgIpc) is 2.35. The van der Waals surface area contributed by atoms with Crippen molar-refractivity contribution in [3.8, 4) is 5.75 Å². The Morgan fingerprint density at radius 2 is 2.00 bits per heavy atom. The van der Waals surface area contributed by atoms with E-state index < -0.39 is 0 Å². The van der Waals surface area contributed by atoms with E-state index in [1.165, 1.54) is 12.0 Å². The molecule has 0 fully saturated rings. The van der Waals surface area contributed by atoms with Gasteiger partial charge in [0.25, 0.3) is 0 Å². The van der Waals surface area contributed by atoms with E-state index in [0.29, 0.717) is 5.92 Å². The van der Waals surface area contributed by atoms with Gasteiger partial charge in [-0.15, -0.1) is 0 Å². The first kappa shape index (κ1) is 16.0. The lowest BCUT2D eigenvalue weighted by atomic mass is 10.1. The first-order valence-corrected chi connectivity index (χ1v) is 7.36. The van der Waals surface area contributed by atoms with E-state index in [-0.39, 0.29) is 0 Å². The molecule has 1 heterocycles. The Balaban J connectivity index is 2.39. The first-order valence-electron chi connectivity index (χ1n) is 7.36. The molecule has 0 radical (unpaired) electrons. The standard InChI is InChI=1S/C16H28N2O/c1-13(2)6-5-9-19-16-12-17-8-7-15(16)11-18-10-14(3)4/h7-8,12-14,18H,5-6,9-11H2,1-4H3. The minimum absolute atomic E-state index is 0.664. The van der Waals surface area contributed by atoms with Crippen LogP contribution in [0.2, 0.25) is 0 Å². The zero-order valence-corrected chi connectivity index (χ0v) is 12.8. The molecular weight excluding hydrogens is 236 g/mol. The lowest BCUT2D eigenvalue weighted by Crippen LogP contribution is -2.19. The van der Waals surface area contributed by atoms with E-state index in [0.717, 1.165) is 37.8 Å². The monoisotopic (exact) mass is 264 g/mol. The number of hydrogen-bond acceptors (Lipinski definition) is 3. The topological polar surface area (TPSA) is 34.1 Å². The van der Waals surface area contributed by atoms with Crippen LogP contribution in [-0.2, 0) is 6.54 Å². The summed E-state index contributed by atoms with van der Waals surface area (Å²) in [5.74, 6) is 2.32. The van der Waals surface area contributed by atoms with Crippen molar-refractivity contribution in [2.45, 2.75) is 47.1 Å². The summed E-state index contributed by atoms with van der Waals surface area (Å²) in [6.07, 6.45) is 5.96. The Morgan fingerprint density at radius 3 is 2.68 bits per heavy atom. The van der Waals surface area contributed by atoms with Gasteiger partial charge in [0.05, 0.1) is 12.8 Å². The van der Waals surface area contributed by atoms with Crippen LogP contribution in [0, 0.1) is 11.8 Å². The second-order valence-electron chi connectivity index (χ2n) is 5.89. The van der Waals surface area contributed by atoms with E-state index in [2.05, 4.69) is 38.0 Å². The maximum absolute atomic E-state index is 5.84. The van der Waals surface area contributed by atoms with Crippen LogP contribution in [0.1, 0.15) is 46.1 Å². The fourth-order valence-corrected chi connectivity index (χ4v) is 1.85. The number of hydrogen-bond donors (Lipinski definition) is 1. The second-order valence-corrected chi connectivity index (χ2v) is 5.89. The maximum Gasteiger partial charge on any atom is 0.142 e. The highest BCUT2D eigenvalue weighted by molar-refractivity contribution is 5.29. The molecule has 19 heavy (non-hydrogen) atoms. The van der Waals surface area contributed by atoms with Crippen LogP contribution in [0.4, 0.5) is 0 Å². The lowest BCUT2D eigenvalue weighted by Gasteiger charge is -2.13. The minimum Gasteiger partial charge on any atom is -0.492 e. The lowest BCUT2D eigenvalue weighted by molar-refractivity contribution is 0.293. The molecule has 0 aliphatic rings. The molecule has 0 aliphatic heterocycles. The fraction of sp³-hybridized carbons (Fsp3) is 0.688. The third-order valence-corrected chi connectivity index (χ3v) is 2.92. The second kappa shape index (κ2) is 8.92. The Morgan fingerprint density at radius 1 is 1.21 bits per heavy atom. The van der Waals surface area contributed by atoms with Crippen LogP contribution in [0.3, 0.4) is 0 Å². The summed E-state index contributed by atoms with van der Waals surface area (Å²) >= 11 is 0. The number of aromatic nitrogens is 1. The molecule has 0 atom stereocenters. The molecule has 0 saturated heterocycles. The van der Waals surface area contributed by atoms with Crippen molar-refractivity contribution in [1.29, 1.82) is 0 Å². The van der Waals surface area contributed by atoms with Crippen molar-refractivity contribution in [2.75, 3.05) is 13.2 Å². The predicted molar refractivity (Wildman–Crippen MR) is 80.3 cm³/mol. The Hall–Kier alpha value is -1.09. The molecule has 1 N–H and O–H groups in total. The molecule has 3 nitrogen and oxygen atoms in total. The highest BCUT2D eigenvalue weighted by Crippen LogP contribution is 2.17. The summed E-state index contributed by atoms with van der Waals surface area (Å²) in [6.45, 7) is 11.6. The van der Waals surface area contributed by atoms with Crippen molar-refractivity contribution in [3.63, 3.8) is 0 Å². The Bertz CT molecular complexity index is 350. The molecular formula is C16H28N2O. The van der Waals surface area contributed by atoms with Crippen LogP contribution < -0.4 is 10.1 Å². The van der Waals surface area contributed by atoms with Gasteiger partial charge in [0.2, 0.25) is 0 Å². The number of nitrogens with one attached hydrogen (secondary N) is 1. The van der Waals surface area contributed by atoms with Gasteiger partial charge >= 0.3 is 0 Å². The zero-order valence-electron chi connectivity index (χ0n) is 12.8. The highest BCUT2D eigenvalue weighted by atomic mass is 16.5. The van der Waals surface area contributed by atoms with E-state index in [1.807, 2.05) is 18.5 Å². The van der Waals surface area contributed by atoms with Crippen molar-refractivity contribution in [2.24, 2.45) is 11.8 Å². The summed E-state index contributed by atoms with van der Waals surface area (Å²) in [7, 11) is 0. The predicted octanol–water partition coefficient (Wildman–Crippen LogP) is 3.64. The summed E-state index contributed by atoms with van der Waals surface area (Å²) in [6, 6.07) is 2.03. The number of ether oxygens (including phenoxy) is 1. The average molecular weight is 264 g/mol. The summed E-state index contributed by atoms with van der Waals surface area (Å²) in [5, 5.41) is 3.44. The fourth-order valence-electron chi connectivity index (χ4n) is 1.85. The largest absolute Gasteiger partial charge is 0.492 e. The summed E-state index contributed by atoms with van der Waals surface area (Å²) in [4.78, 5) is 4.15. The third-order valence-electron chi connectivity index (χ3n) is 2.92. The first-order chi connectivity index (χ1) is 9.09. The molecule has 3 heteroatoms. The minimum atomic E-state index is 0.664. The molecule has 0 aliphatic carbocycles. The van der Waals surface area contributed by atoms with Crippen LogP contribution in [-0.4, -0.2) is 18.1 Å². The molecule has 0 amide bonds. The van der Waals surface area contributed by atoms with Gasteiger partial charge in [-0.3, -0.25) is 4.98 Å². The number of pyridine rings is 1. The van der Waals surface area contributed by atoms with Crippen LogP contribution in [0.15, 0.2) is 18.5 Å². The van der Waals surface area contributed by atoms with E-state index in [9.17, 15) is 0 Å². The highest BCUT2D eigenvalue weighted by Gasteiger charge is 2.04. The zero-order chi connectivity index (χ0) is 14.1. The van der Waals surface area contributed by atoms with Gasteiger partial charge in [-0.05, 0) is 37.3 Å². The van der Waals surface area contributed by atoms with Gasteiger partial charge < -0.3 is 10.1 Å². The van der Waals surface area contributed by atoms with E-state index in [4.69, 9.17) is 4.74 Å². The molecule has 0 saturated carbocycles. The molecule has 0 bridgehead atoms. The maximum atomic E-state index is 5.84. The van der Waals surface area contributed by atoms with Gasteiger partial charge in [0.1, 0.15) is 5.75 Å². The van der Waals surface area contributed by atoms with Gasteiger partial charge in [-0.25, -0.2) is 0 Å². The SMILES string of the molecule is CC(C)CCCOc1cnccc1CNCC(C)C. The van der Waals surface area contributed by atoms with Crippen molar-refractivity contribution in [3.05, 3.63) is 24.0 Å². The van der Waals surface area contributed by atoms with Gasteiger partial charge in [0.15, 0.2) is 0 Å². The van der Waals surface area contributed by atoms with Gasteiger partial charge in [-0.2, -0.15) is 0 Å². The molecule has 108 valence electrons. The quantitative estimate of drug-likeness (QED) is 0.691. The third kappa shape index (κ3) is 7.16. The molecule has 1 aromatic rings. The summed E-state index contributed by atoms with van der Waals surface area (Å²) < 4.78 is 5.84. The molecule has 1 aromatic heterocycles. The normalized spacial score (nSPS) is 11.3. The molecule has 0 aromatic carbocycles. The Labute approximate surface area is 117 Å². The van der Waals surface area contributed by atoms with Crippen molar-refractivity contribution >= 4 is 0 Å². The van der Waals surface area contributed by atoms with E-state index >= 15 is 0 Å². The van der Waals surface area contributed by atoms with E-state index in [1.54, 1.807) is 0 Å².